The van der Waals surface area contributed by atoms with Crippen LogP contribution in [-0.2, 0) is 0 Å². The number of fused-ring (bicyclic) bond motifs is 1. The van der Waals surface area contributed by atoms with Gasteiger partial charge >= 0.3 is 6.03 Å². The van der Waals surface area contributed by atoms with Gasteiger partial charge in [-0.25, -0.2) is 18.7 Å². The summed E-state index contributed by atoms with van der Waals surface area (Å²) in [4.78, 5) is 32.2. The Labute approximate surface area is 193 Å². The summed E-state index contributed by atoms with van der Waals surface area (Å²) in [6, 6.07) is 13.5. The number of likely N-dealkylation sites (tertiary alicyclic amines) is 1. The predicted octanol–water partition coefficient (Wildman–Crippen LogP) is 4.52. The van der Waals surface area contributed by atoms with Crippen LogP contribution in [0.15, 0.2) is 59.7 Å². The molecule has 0 radical (unpaired) electrons. The van der Waals surface area contributed by atoms with E-state index >= 15 is 0 Å². The van der Waals surface area contributed by atoms with Crippen LogP contribution in [0.3, 0.4) is 0 Å². The molecule has 7 nitrogen and oxygen atoms in total. The summed E-state index contributed by atoms with van der Waals surface area (Å²) in [6.45, 7) is 1.04. The molecular formula is C24H21FN4O3S. The van der Waals surface area contributed by atoms with Crippen molar-refractivity contribution in [3.63, 3.8) is 0 Å². The standard InChI is InChI=1S/C24H21FN4O3S/c1-32-19-8-4-17(5-9-19)20-21-22(33-27-20)23(30)29(14-26-21)24(31)28-12-10-16(11-13-28)15-2-6-18(25)7-3-15/h2-9,14,16H,10-13H2,1H3. The molecule has 3 heterocycles. The van der Waals surface area contributed by atoms with Gasteiger partial charge in [0.1, 0.15) is 33.8 Å². The number of hydrogen-bond acceptors (Lipinski definition) is 6. The van der Waals surface area contributed by atoms with Gasteiger partial charge in [0.15, 0.2) is 0 Å². The van der Waals surface area contributed by atoms with E-state index in [2.05, 4.69) is 9.36 Å². The Hall–Kier alpha value is -3.59. The molecule has 0 bridgehead atoms. The van der Waals surface area contributed by atoms with Gasteiger partial charge in [-0.3, -0.25) is 4.79 Å². The summed E-state index contributed by atoms with van der Waals surface area (Å²) in [5, 5.41) is 0. The van der Waals surface area contributed by atoms with E-state index in [1.165, 1.54) is 18.5 Å². The first kappa shape index (κ1) is 21.3. The van der Waals surface area contributed by atoms with Crippen LogP contribution >= 0.6 is 11.5 Å². The fraction of sp³-hybridized carbons (Fsp3) is 0.250. The number of piperidine rings is 1. The van der Waals surface area contributed by atoms with Gasteiger partial charge in [-0.05, 0) is 72.3 Å². The zero-order valence-electron chi connectivity index (χ0n) is 17.9. The molecule has 9 heteroatoms. The van der Waals surface area contributed by atoms with E-state index in [4.69, 9.17) is 4.74 Å². The molecule has 2 aromatic carbocycles. The minimum Gasteiger partial charge on any atom is -0.497 e. The Morgan fingerprint density at radius 2 is 1.79 bits per heavy atom. The molecule has 0 aliphatic carbocycles. The zero-order valence-corrected chi connectivity index (χ0v) is 18.7. The summed E-state index contributed by atoms with van der Waals surface area (Å²) in [6.07, 6.45) is 2.80. The van der Waals surface area contributed by atoms with Crippen molar-refractivity contribution in [2.75, 3.05) is 20.2 Å². The van der Waals surface area contributed by atoms with Crippen molar-refractivity contribution in [2.24, 2.45) is 0 Å². The quantitative estimate of drug-likeness (QED) is 0.446. The minimum atomic E-state index is -0.414. The number of ether oxygens (including phenoxy) is 1. The molecule has 0 unspecified atom stereocenters. The number of rotatable bonds is 3. The molecule has 0 atom stereocenters. The highest BCUT2D eigenvalue weighted by Crippen LogP contribution is 2.30. The second kappa shape index (κ2) is 8.74. The zero-order chi connectivity index (χ0) is 22.9. The van der Waals surface area contributed by atoms with Gasteiger partial charge in [0.25, 0.3) is 5.56 Å². The van der Waals surface area contributed by atoms with Gasteiger partial charge in [-0.2, -0.15) is 4.37 Å². The number of amides is 1. The molecule has 1 saturated heterocycles. The van der Waals surface area contributed by atoms with Crippen LogP contribution in [0.1, 0.15) is 24.3 Å². The molecule has 0 saturated carbocycles. The molecule has 0 spiro atoms. The van der Waals surface area contributed by atoms with Crippen molar-refractivity contribution in [2.45, 2.75) is 18.8 Å². The average molecular weight is 465 g/mol. The number of methoxy groups -OCH3 is 1. The van der Waals surface area contributed by atoms with Crippen LogP contribution in [0.2, 0.25) is 0 Å². The summed E-state index contributed by atoms with van der Waals surface area (Å²) in [5.74, 6) is 0.731. The van der Waals surface area contributed by atoms with Crippen LogP contribution in [0, 0.1) is 5.82 Å². The molecule has 5 rings (SSSR count). The maximum absolute atomic E-state index is 13.2. The smallest absolute Gasteiger partial charge is 0.332 e. The van der Waals surface area contributed by atoms with Crippen molar-refractivity contribution < 1.29 is 13.9 Å². The molecule has 33 heavy (non-hydrogen) atoms. The van der Waals surface area contributed by atoms with Gasteiger partial charge < -0.3 is 9.64 Å². The Morgan fingerprint density at radius 1 is 1.09 bits per heavy atom. The van der Waals surface area contributed by atoms with Crippen molar-refractivity contribution in [1.29, 1.82) is 0 Å². The number of hydrogen-bond donors (Lipinski definition) is 0. The topological polar surface area (TPSA) is 77.3 Å². The van der Waals surface area contributed by atoms with Crippen molar-refractivity contribution in [3.05, 3.63) is 76.6 Å². The summed E-state index contributed by atoms with van der Waals surface area (Å²) >= 11 is 1.04. The number of aromatic nitrogens is 3. The second-order valence-corrected chi connectivity index (χ2v) is 8.73. The van der Waals surface area contributed by atoms with Crippen molar-refractivity contribution in [3.8, 4) is 17.0 Å². The fourth-order valence-electron chi connectivity index (χ4n) is 4.19. The van der Waals surface area contributed by atoms with Crippen LogP contribution < -0.4 is 10.3 Å². The van der Waals surface area contributed by atoms with Crippen LogP contribution in [0.25, 0.3) is 21.5 Å². The van der Waals surface area contributed by atoms with Crippen molar-refractivity contribution in [1.82, 2.24) is 18.8 Å². The molecule has 1 aliphatic heterocycles. The van der Waals surface area contributed by atoms with E-state index in [0.29, 0.717) is 29.0 Å². The van der Waals surface area contributed by atoms with Crippen LogP contribution in [-0.4, -0.2) is 45.1 Å². The second-order valence-electron chi connectivity index (χ2n) is 7.95. The van der Waals surface area contributed by atoms with Gasteiger partial charge in [-0.1, -0.05) is 12.1 Å². The van der Waals surface area contributed by atoms with E-state index in [9.17, 15) is 14.0 Å². The SMILES string of the molecule is COc1ccc(-c2nsc3c(=O)n(C(=O)N4CCC(c5ccc(F)cc5)CC4)cnc23)cc1. The Balaban J connectivity index is 1.35. The maximum atomic E-state index is 13.2. The lowest BCUT2D eigenvalue weighted by Gasteiger charge is -2.32. The van der Waals surface area contributed by atoms with E-state index < -0.39 is 5.56 Å². The predicted molar refractivity (Wildman–Crippen MR) is 124 cm³/mol. The first-order valence-electron chi connectivity index (χ1n) is 10.6. The Kier molecular flexibility index (Phi) is 5.63. The molecule has 4 aromatic rings. The number of halogens is 1. The molecule has 0 N–H and O–H groups in total. The molecule has 1 aliphatic rings. The number of nitrogens with zero attached hydrogens (tertiary/aromatic N) is 4. The van der Waals surface area contributed by atoms with E-state index in [1.807, 2.05) is 24.3 Å². The third-order valence-corrected chi connectivity index (χ3v) is 6.88. The number of benzene rings is 2. The first-order chi connectivity index (χ1) is 16.0. The molecule has 1 amide bonds. The normalized spacial score (nSPS) is 14.5. The lowest BCUT2D eigenvalue weighted by Crippen LogP contribution is -2.43. The molecular weight excluding hydrogens is 443 g/mol. The largest absolute Gasteiger partial charge is 0.497 e. The fourth-order valence-corrected chi connectivity index (χ4v) is 4.98. The first-order valence-corrected chi connectivity index (χ1v) is 11.4. The average Bonchev–Trinajstić information content (AvgIpc) is 3.30. The number of carbonyl (C=O) groups is 1. The Morgan fingerprint density at radius 3 is 2.45 bits per heavy atom. The lowest BCUT2D eigenvalue weighted by atomic mass is 9.89. The third-order valence-electron chi connectivity index (χ3n) is 6.06. The molecule has 1 fully saturated rings. The third kappa shape index (κ3) is 4.00. The lowest BCUT2D eigenvalue weighted by molar-refractivity contribution is 0.182. The highest BCUT2D eigenvalue weighted by atomic mass is 32.1. The highest BCUT2D eigenvalue weighted by Gasteiger charge is 2.26. The number of carbonyl (C=O) groups excluding carboxylic acids is 1. The van der Waals surface area contributed by atoms with E-state index in [0.717, 1.165) is 45.8 Å². The monoisotopic (exact) mass is 464 g/mol. The maximum Gasteiger partial charge on any atom is 0.332 e. The van der Waals surface area contributed by atoms with Crippen molar-refractivity contribution >= 4 is 27.8 Å². The van der Waals surface area contributed by atoms with Crippen LogP contribution in [0.4, 0.5) is 9.18 Å². The summed E-state index contributed by atoms with van der Waals surface area (Å²) in [5.41, 5.74) is 2.56. The van der Waals surface area contributed by atoms with Gasteiger partial charge in [0, 0.05) is 18.7 Å². The van der Waals surface area contributed by atoms with Gasteiger partial charge in [0.05, 0.1) is 7.11 Å². The van der Waals surface area contributed by atoms with E-state index in [1.54, 1.807) is 24.1 Å². The minimum absolute atomic E-state index is 0.258. The Bertz CT molecular complexity index is 1360. The molecule has 168 valence electrons. The van der Waals surface area contributed by atoms with Crippen LogP contribution in [0.5, 0.6) is 5.75 Å². The highest BCUT2D eigenvalue weighted by molar-refractivity contribution is 7.13. The van der Waals surface area contributed by atoms with Gasteiger partial charge in [0.2, 0.25) is 0 Å². The molecule has 2 aromatic heterocycles. The summed E-state index contributed by atoms with van der Waals surface area (Å²) in [7, 11) is 1.60. The summed E-state index contributed by atoms with van der Waals surface area (Å²) < 4.78 is 24.2. The van der Waals surface area contributed by atoms with E-state index in [-0.39, 0.29) is 17.8 Å². The van der Waals surface area contributed by atoms with Gasteiger partial charge in [-0.15, -0.1) is 0 Å².